The summed E-state index contributed by atoms with van der Waals surface area (Å²) in [5, 5.41) is 3.18. The van der Waals surface area contributed by atoms with Gasteiger partial charge in [-0.05, 0) is 11.6 Å². The first-order valence-electron chi connectivity index (χ1n) is 4.94. The zero-order valence-electron chi connectivity index (χ0n) is 8.85. The summed E-state index contributed by atoms with van der Waals surface area (Å²) in [6.07, 6.45) is 6.22. The summed E-state index contributed by atoms with van der Waals surface area (Å²) in [5.41, 5.74) is 0.344. The topological polar surface area (TPSA) is 12.0 Å². The van der Waals surface area contributed by atoms with Crippen LogP contribution in [0.5, 0.6) is 0 Å². The lowest BCUT2D eigenvalue weighted by atomic mass is 9.92. The number of hydrogen-bond donors (Lipinski definition) is 1. The minimum Gasteiger partial charge on any atom is -0.391 e. The van der Waals surface area contributed by atoms with Gasteiger partial charge in [-0.2, -0.15) is 0 Å². The SMILES string of the molecule is CC(C)(C)CC#CCC1C=CNC1. The van der Waals surface area contributed by atoms with Crippen molar-refractivity contribution in [2.45, 2.75) is 33.6 Å². The highest BCUT2D eigenvalue weighted by Crippen LogP contribution is 2.17. The molecule has 1 heterocycles. The Bertz CT molecular complexity index is 234. The molecule has 0 aliphatic carbocycles. The van der Waals surface area contributed by atoms with Crippen molar-refractivity contribution in [1.82, 2.24) is 5.32 Å². The average molecular weight is 177 g/mol. The molecule has 0 aromatic heterocycles. The minimum atomic E-state index is 0.344. The zero-order valence-corrected chi connectivity index (χ0v) is 8.85. The predicted molar refractivity (Wildman–Crippen MR) is 57.1 cm³/mol. The van der Waals surface area contributed by atoms with Crippen LogP contribution in [0.25, 0.3) is 0 Å². The molecule has 0 bridgehead atoms. The van der Waals surface area contributed by atoms with Crippen molar-refractivity contribution < 1.29 is 0 Å². The summed E-state index contributed by atoms with van der Waals surface area (Å²) in [5.74, 6) is 7.12. The molecule has 1 aliphatic rings. The summed E-state index contributed by atoms with van der Waals surface area (Å²) in [7, 11) is 0. The Balaban J connectivity index is 2.20. The Kier molecular flexibility index (Phi) is 3.42. The standard InChI is InChI=1S/C12H19N/c1-12(2,3)8-5-4-6-11-7-9-13-10-11/h7,9,11,13H,6,8,10H2,1-3H3. The molecule has 1 heteroatoms. The first-order valence-corrected chi connectivity index (χ1v) is 4.94. The van der Waals surface area contributed by atoms with Crippen molar-refractivity contribution in [2.24, 2.45) is 11.3 Å². The Morgan fingerprint density at radius 2 is 2.15 bits per heavy atom. The van der Waals surface area contributed by atoms with E-state index in [4.69, 9.17) is 0 Å². The van der Waals surface area contributed by atoms with E-state index >= 15 is 0 Å². The normalized spacial score (nSPS) is 20.7. The first kappa shape index (κ1) is 10.2. The second-order valence-electron chi connectivity index (χ2n) is 4.82. The van der Waals surface area contributed by atoms with Crippen LogP contribution in [0.15, 0.2) is 12.3 Å². The van der Waals surface area contributed by atoms with Crippen LogP contribution < -0.4 is 5.32 Å². The van der Waals surface area contributed by atoms with E-state index in [-0.39, 0.29) is 0 Å². The molecule has 1 aliphatic heterocycles. The van der Waals surface area contributed by atoms with Crippen molar-refractivity contribution in [2.75, 3.05) is 6.54 Å². The van der Waals surface area contributed by atoms with E-state index in [1.54, 1.807) is 0 Å². The smallest absolute Gasteiger partial charge is 0.0214 e. The highest BCUT2D eigenvalue weighted by atomic mass is 14.9. The second-order valence-corrected chi connectivity index (χ2v) is 4.82. The molecule has 0 amide bonds. The summed E-state index contributed by atoms with van der Waals surface area (Å²) in [6.45, 7) is 7.72. The van der Waals surface area contributed by atoms with Gasteiger partial charge in [-0.1, -0.05) is 26.8 Å². The molecule has 1 N–H and O–H groups in total. The molecular weight excluding hydrogens is 158 g/mol. The van der Waals surface area contributed by atoms with Crippen molar-refractivity contribution in [3.63, 3.8) is 0 Å². The van der Waals surface area contributed by atoms with E-state index < -0.39 is 0 Å². The van der Waals surface area contributed by atoms with E-state index in [1.807, 2.05) is 6.20 Å². The number of rotatable bonds is 1. The van der Waals surface area contributed by atoms with Crippen LogP contribution in [0.1, 0.15) is 33.6 Å². The molecule has 0 saturated heterocycles. The van der Waals surface area contributed by atoms with E-state index in [9.17, 15) is 0 Å². The van der Waals surface area contributed by atoms with Gasteiger partial charge in [0.25, 0.3) is 0 Å². The third-order valence-corrected chi connectivity index (χ3v) is 1.97. The van der Waals surface area contributed by atoms with Gasteiger partial charge in [0.1, 0.15) is 0 Å². The fourth-order valence-electron chi connectivity index (χ4n) is 1.16. The Morgan fingerprint density at radius 1 is 1.38 bits per heavy atom. The number of hydrogen-bond acceptors (Lipinski definition) is 1. The minimum absolute atomic E-state index is 0.344. The van der Waals surface area contributed by atoms with Gasteiger partial charge in [-0.25, -0.2) is 0 Å². The van der Waals surface area contributed by atoms with Gasteiger partial charge in [0, 0.05) is 25.3 Å². The van der Waals surface area contributed by atoms with Crippen molar-refractivity contribution in [3.8, 4) is 11.8 Å². The van der Waals surface area contributed by atoms with Crippen LogP contribution in [-0.4, -0.2) is 6.54 Å². The van der Waals surface area contributed by atoms with Crippen LogP contribution in [0.4, 0.5) is 0 Å². The van der Waals surface area contributed by atoms with Crippen LogP contribution in [0.3, 0.4) is 0 Å². The lowest BCUT2D eigenvalue weighted by Crippen LogP contribution is -2.07. The van der Waals surface area contributed by atoms with Crippen LogP contribution in [0.2, 0.25) is 0 Å². The monoisotopic (exact) mass is 177 g/mol. The molecular formula is C12H19N. The maximum absolute atomic E-state index is 3.24. The average Bonchev–Trinajstić information content (AvgIpc) is 2.48. The molecule has 0 radical (unpaired) electrons. The Labute approximate surface area is 81.6 Å². The highest BCUT2D eigenvalue weighted by molar-refractivity contribution is 5.07. The lowest BCUT2D eigenvalue weighted by molar-refractivity contribution is 0.427. The molecule has 1 unspecified atom stereocenters. The second kappa shape index (κ2) is 4.37. The molecule has 0 fully saturated rings. The van der Waals surface area contributed by atoms with Gasteiger partial charge in [-0.15, -0.1) is 11.8 Å². The summed E-state index contributed by atoms with van der Waals surface area (Å²) in [4.78, 5) is 0. The molecule has 0 spiro atoms. The summed E-state index contributed by atoms with van der Waals surface area (Å²) >= 11 is 0. The van der Waals surface area contributed by atoms with E-state index in [0.29, 0.717) is 11.3 Å². The van der Waals surface area contributed by atoms with E-state index in [1.165, 1.54) is 0 Å². The molecule has 1 rings (SSSR count). The largest absolute Gasteiger partial charge is 0.391 e. The van der Waals surface area contributed by atoms with Gasteiger partial charge < -0.3 is 5.32 Å². The van der Waals surface area contributed by atoms with Crippen molar-refractivity contribution in [3.05, 3.63) is 12.3 Å². The quantitative estimate of drug-likeness (QED) is 0.607. The lowest BCUT2D eigenvalue weighted by Gasteiger charge is -2.12. The fourth-order valence-corrected chi connectivity index (χ4v) is 1.16. The van der Waals surface area contributed by atoms with Gasteiger partial charge in [0.2, 0.25) is 0 Å². The van der Waals surface area contributed by atoms with E-state index in [0.717, 1.165) is 19.4 Å². The van der Waals surface area contributed by atoms with E-state index in [2.05, 4.69) is 44.0 Å². The van der Waals surface area contributed by atoms with Crippen LogP contribution >= 0.6 is 0 Å². The Hall–Kier alpha value is -0.900. The number of nitrogens with one attached hydrogen (secondary N) is 1. The molecule has 0 aromatic carbocycles. The van der Waals surface area contributed by atoms with Gasteiger partial charge in [0.05, 0.1) is 0 Å². The fraction of sp³-hybridized carbons (Fsp3) is 0.667. The predicted octanol–water partition coefficient (Wildman–Crippen LogP) is 2.55. The molecule has 72 valence electrons. The summed E-state index contributed by atoms with van der Waals surface area (Å²) < 4.78 is 0. The summed E-state index contributed by atoms with van der Waals surface area (Å²) in [6, 6.07) is 0. The van der Waals surface area contributed by atoms with Crippen molar-refractivity contribution in [1.29, 1.82) is 0 Å². The van der Waals surface area contributed by atoms with Crippen LogP contribution in [0, 0.1) is 23.2 Å². The third-order valence-electron chi connectivity index (χ3n) is 1.97. The Morgan fingerprint density at radius 3 is 2.69 bits per heavy atom. The van der Waals surface area contributed by atoms with Gasteiger partial charge in [0.15, 0.2) is 0 Å². The zero-order chi connectivity index (χ0) is 9.73. The molecule has 0 saturated carbocycles. The highest BCUT2D eigenvalue weighted by Gasteiger charge is 2.08. The molecule has 1 atom stereocenters. The maximum Gasteiger partial charge on any atom is 0.0214 e. The molecule has 13 heavy (non-hydrogen) atoms. The van der Waals surface area contributed by atoms with Crippen molar-refractivity contribution >= 4 is 0 Å². The van der Waals surface area contributed by atoms with Gasteiger partial charge >= 0.3 is 0 Å². The first-order chi connectivity index (χ1) is 6.08. The molecule has 0 aromatic rings. The molecule has 1 nitrogen and oxygen atoms in total. The van der Waals surface area contributed by atoms with Gasteiger partial charge in [-0.3, -0.25) is 0 Å². The third kappa shape index (κ3) is 4.62. The maximum atomic E-state index is 3.24. The van der Waals surface area contributed by atoms with Crippen LogP contribution in [-0.2, 0) is 0 Å².